The minimum Gasteiger partial charge on any atom is -0.497 e. The van der Waals surface area contributed by atoms with Crippen molar-refractivity contribution in [2.24, 2.45) is 0 Å². The van der Waals surface area contributed by atoms with Crippen LogP contribution in [0.5, 0.6) is 17.2 Å². The Morgan fingerprint density at radius 2 is 1.72 bits per heavy atom. The Morgan fingerprint density at radius 3 is 2.40 bits per heavy atom. The molecule has 0 aliphatic heterocycles. The third-order valence-corrected chi connectivity index (χ3v) is 4.29. The quantitative estimate of drug-likeness (QED) is 0.638. The van der Waals surface area contributed by atoms with Crippen LogP contribution >= 0.6 is 0 Å². The molecule has 2 rings (SSSR count). The average molecular weight is 339 g/mol. The van der Waals surface area contributed by atoms with Crippen LogP contribution in [0.2, 0.25) is 0 Å². The molecule has 0 saturated heterocycles. The van der Waals surface area contributed by atoms with Crippen LogP contribution in [0, 0.1) is 11.3 Å². The van der Waals surface area contributed by atoms with E-state index in [0.29, 0.717) is 12.2 Å². The van der Waals surface area contributed by atoms with Crippen molar-refractivity contribution < 1.29 is 14.2 Å². The largest absolute Gasteiger partial charge is 0.497 e. The highest BCUT2D eigenvalue weighted by atomic mass is 16.5. The second-order valence-electron chi connectivity index (χ2n) is 5.83. The van der Waals surface area contributed by atoms with E-state index in [1.54, 1.807) is 21.3 Å². The first-order chi connectivity index (χ1) is 12.2. The molecule has 0 saturated carbocycles. The van der Waals surface area contributed by atoms with Gasteiger partial charge in [-0.3, -0.25) is 0 Å². The summed E-state index contributed by atoms with van der Waals surface area (Å²) in [7, 11) is 4.97. The maximum absolute atomic E-state index is 9.07. The van der Waals surface area contributed by atoms with Gasteiger partial charge in [0, 0.05) is 5.56 Å². The van der Waals surface area contributed by atoms with E-state index in [1.165, 1.54) is 5.56 Å². The standard InChI is InChI=1S/C21H25NO3/c1-23-18-9-6-8-16(15-18)7-4-5-10-19-17(13-14-22)11-12-20(24-2)21(19)25-3/h6,8-9,11-12,15H,4-5,7,10,13H2,1-3H3. The van der Waals surface area contributed by atoms with E-state index in [1.807, 2.05) is 24.3 Å². The Hall–Kier alpha value is -2.67. The average Bonchev–Trinajstić information content (AvgIpc) is 2.66. The molecular weight excluding hydrogens is 314 g/mol. The minimum absolute atomic E-state index is 0.381. The predicted octanol–water partition coefficient (Wildman–Crippen LogP) is 4.34. The molecule has 2 aromatic rings. The molecule has 4 nitrogen and oxygen atoms in total. The fourth-order valence-electron chi connectivity index (χ4n) is 3.02. The molecule has 0 amide bonds. The SMILES string of the molecule is COc1cccc(CCCCc2c(CC#N)ccc(OC)c2OC)c1. The number of ether oxygens (including phenoxy) is 3. The van der Waals surface area contributed by atoms with Crippen LogP contribution in [-0.4, -0.2) is 21.3 Å². The summed E-state index contributed by atoms with van der Waals surface area (Å²) in [5, 5.41) is 9.07. The highest BCUT2D eigenvalue weighted by molar-refractivity contribution is 5.51. The number of hydrogen-bond acceptors (Lipinski definition) is 4. The Labute approximate surface area is 150 Å². The first-order valence-corrected chi connectivity index (χ1v) is 8.46. The first-order valence-electron chi connectivity index (χ1n) is 8.46. The zero-order valence-corrected chi connectivity index (χ0v) is 15.2. The third-order valence-electron chi connectivity index (χ3n) is 4.29. The zero-order chi connectivity index (χ0) is 18.1. The number of unbranched alkanes of at least 4 members (excludes halogenated alkanes) is 1. The van der Waals surface area contributed by atoms with Gasteiger partial charge in [0.05, 0.1) is 33.8 Å². The number of nitrogens with zero attached hydrogens (tertiary/aromatic N) is 1. The highest BCUT2D eigenvalue weighted by Crippen LogP contribution is 2.34. The van der Waals surface area contributed by atoms with E-state index >= 15 is 0 Å². The molecule has 132 valence electrons. The maximum atomic E-state index is 9.07. The van der Waals surface area contributed by atoms with Crippen LogP contribution < -0.4 is 14.2 Å². The summed E-state index contributed by atoms with van der Waals surface area (Å²) in [5.74, 6) is 2.35. The molecule has 2 aromatic carbocycles. The van der Waals surface area contributed by atoms with Gasteiger partial charge in [0.15, 0.2) is 11.5 Å². The molecule has 0 unspecified atom stereocenters. The molecule has 4 heteroatoms. The van der Waals surface area contributed by atoms with Crippen molar-refractivity contribution in [3.8, 4) is 23.3 Å². The summed E-state index contributed by atoms with van der Waals surface area (Å²) in [6.45, 7) is 0. The summed E-state index contributed by atoms with van der Waals surface area (Å²) in [6, 6.07) is 14.2. The van der Waals surface area contributed by atoms with E-state index in [9.17, 15) is 0 Å². The van der Waals surface area contributed by atoms with Crippen LogP contribution in [0.3, 0.4) is 0 Å². The van der Waals surface area contributed by atoms with Crippen molar-refractivity contribution in [1.82, 2.24) is 0 Å². The van der Waals surface area contributed by atoms with Crippen LogP contribution in [0.4, 0.5) is 0 Å². The Kier molecular flexibility index (Phi) is 7.16. The molecule has 0 spiro atoms. The van der Waals surface area contributed by atoms with Crippen molar-refractivity contribution >= 4 is 0 Å². The summed E-state index contributed by atoms with van der Waals surface area (Å²) in [6.07, 6.45) is 4.31. The van der Waals surface area contributed by atoms with E-state index in [2.05, 4.69) is 18.2 Å². The zero-order valence-electron chi connectivity index (χ0n) is 15.2. The Morgan fingerprint density at radius 1 is 0.920 bits per heavy atom. The highest BCUT2D eigenvalue weighted by Gasteiger charge is 2.14. The van der Waals surface area contributed by atoms with E-state index < -0.39 is 0 Å². The summed E-state index contributed by atoms with van der Waals surface area (Å²) in [5.41, 5.74) is 3.37. The second kappa shape index (κ2) is 9.58. The van der Waals surface area contributed by atoms with Crippen LogP contribution in [0.1, 0.15) is 29.5 Å². The van der Waals surface area contributed by atoms with Gasteiger partial charge in [-0.2, -0.15) is 5.26 Å². The molecule has 0 radical (unpaired) electrons. The van der Waals surface area contributed by atoms with Crippen molar-refractivity contribution in [2.45, 2.75) is 32.1 Å². The smallest absolute Gasteiger partial charge is 0.164 e. The van der Waals surface area contributed by atoms with Crippen LogP contribution in [0.25, 0.3) is 0 Å². The molecule has 0 aliphatic carbocycles. The fraction of sp³-hybridized carbons (Fsp3) is 0.381. The number of methoxy groups -OCH3 is 3. The van der Waals surface area contributed by atoms with Gasteiger partial charge in [-0.25, -0.2) is 0 Å². The van der Waals surface area contributed by atoms with Gasteiger partial charge < -0.3 is 14.2 Å². The summed E-state index contributed by atoms with van der Waals surface area (Å²) < 4.78 is 16.2. The predicted molar refractivity (Wildman–Crippen MR) is 98.5 cm³/mol. The molecular formula is C21H25NO3. The number of aryl methyl sites for hydroxylation is 1. The number of nitriles is 1. The van der Waals surface area contributed by atoms with Gasteiger partial charge in [0.1, 0.15) is 5.75 Å². The molecule has 0 bridgehead atoms. The lowest BCUT2D eigenvalue weighted by atomic mass is 9.97. The van der Waals surface area contributed by atoms with Crippen LogP contribution in [-0.2, 0) is 19.3 Å². The van der Waals surface area contributed by atoms with Crippen molar-refractivity contribution in [2.75, 3.05) is 21.3 Å². The van der Waals surface area contributed by atoms with Crippen molar-refractivity contribution in [1.29, 1.82) is 5.26 Å². The number of benzene rings is 2. The molecule has 0 fully saturated rings. The van der Waals surface area contributed by atoms with E-state index in [0.717, 1.165) is 48.3 Å². The first kappa shape index (κ1) is 18.7. The van der Waals surface area contributed by atoms with E-state index in [4.69, 9.17) is 19.5 Å². The lowest BCUT2D eigenvalue weighted by molar-refractivity contribution is 0.351. The van der Waals surface area contributed by atoms with Gasteiger partial charge in [0.25, 0.3) is 0 Å². The number of hydrogen-bond donors (Lipinski definition) is 0. The number of rotatable bonds is 9. The van der Waals surface area contributed by atoms with Crippen molar-refractivity contribution in [3.05, 3.63) is 53.1 Å². The molecule has 0 N–H and O–H groups in total. The molecule has 0 atom stereocenters. The Balaban J connectivity index is 2.04. The maximum Gasteiger partial charge on any atom is 0.164 e. The minimum atomic E-state index is 0.381. The summed E-state index contributed by atoms with van der Waals surface area (Å²) in [4.78, 5) is 0. The molecule has 25 heavy (non-hydrogen) atoms. The van der Waals surface area contributed by atoms with Gasteiger partial charge in [-0.05, 0) is 55.0 Å². The van der Waals surface area contributed by atoms with E-state index in [-0.39, 0.29) is 0 Å². The van der Waals surface area contributed by atoms with Gasteiger partial charge in [-0.1, -0.05) is 18.2 Å². The van der Waals surface area contributed by atoms with Crippen molar-refractivity contribution in [3.63, 3.8) is 0 Å². The topological polar surface area (TPSA) is 51.5 Å². The van der Waals surface area contributed by atoms with Gasteiger partial charge in [0.2, 0.25) is 0 Å². The van der Waals surface area contributed by atoms with Gasteiger partial charge in [-0.15, -0.1) is 0 Å². The fourth-order valence-corrected chi connectivity index (χ4v) is 3.02. The summed E-state index contributed by atoms with van der Waals surface area (Å²) >= 11 is 0. The lowest BCUT2D eigenvalue weighted by Crippen LogP contribution is -2.01. The second-order valence-corrected chi connectivity index (χ2v) is 5.83. The monoisotopic (exact) mass is 339 g/mol. The molecule has 0 aliphatic rings. The van der Waals surface area contributed by atoms with Crippen LogP contribution in [0.15, 0.2) is 36.4 Å². The molecule has 0 heterocycles. The Bertz CT molecular complexity index is 734. The normalized spacial score (nSPS) is 10.2. The lowest BCUT2D eigenvalue weighted by Gasteiger charge is -2.16. The third kappa shape index (κ3) is 4.90. The van der Waals surface area contributed by atoms with Gasteiger partial charge >= 0.3 is 0 Å². The molecule has 0 aromatic heterocycles.